The molecule has 3 heterocycles. The number of piperazine rings is 1. The molecule has 0 aliphatic carbocycles. The summed E-state index contributed by atoms with van der Waals surface area (Å²) >= 11 is 7.40. The van der Waals surface area contributed by atoms with Gasteiger partial charge < -0.3 is 19.3 Å². The lowest BCUT2D eigenvalue weighted by atomic mass is 10.1. The first-order valence-electron chi connectivity index (χ1n) is 14.0. The molecule has 13 heteroatoms. The minimum absolute atomic E-state index is 0.0112. The number of halogens is 1. The van der Waals surface area contributed by atoms with Crippen LogP contribution in [0.15, 0.2) is 47.4 Å². The zero-order valence-corrected chi connectivity index (χ0v) is 26.9. The van der Waals surface area contributed by atoms with Crippen molar-refractivity contribution >= 4 is 61.7 Å². The Morgan fingerprint density at radius 1 is 1.02 bits per heavy atom. The van der Waals surface area contributed by atoms with E-state index in [4.69, 9.17) is 21.1 Å². The number of carbonyl (C=O) groups excluding carboxylic acids is 3. The maximum Gasteiger partial charge on any atom is 0.410 e. The molecule has 2 aliphatic heterocycles. The standard InChI is InChI=1S/C30H34ClN3O7S2/c1-5-40-28(36)24-18-33(43(38,39)23-9-7-19-14-22(31)8-6-20(19)15-23)12-13-34(24)27(35)26-16-21-17-32(11-10-25(21)42-26)29(37)41-30(2,3)4/h6-9,14-16,24H,5,10-13,17-18H2,1-4H3. The van der Waals surface area contributed by atoms with Gasteiger partial charge in [-0.25, -0.2) is 18.0 Å². The van der Waals surface area contributed by atoms with Gasteiger partial charge >= 0.3 is 12.1 Å². The summed E-state index contributed by atoms with van der Waals surface area (Å²) < 4.78 is 39.4. The van der Waals surface area contributed by atoms with Crippen LogP contribution in [0.4, 0.5) is 4.79 Å². The van der Waals surface area contributed by atoms with Crippen LogP contribution in [-0.2, 0) is 37.3 Å². The molecule has 1 saturated heterocycles. The van der Waals surface area contributed by atoms with E-state index in [0.717, 1.165) is 15.8 Å². The molecule has 0 saturated carbocycles. The molecule has 0 bridgehead atoms. The highest BCUT2D eigenvalue weighted by Crippen LogP contribution is 2.32. The third kappa shape index (κ3) is 6.67. The van der Waals surface area contributed by atoms with E-state index < -0.39 is 33.7 Å². The van der Waals surface area contributed by atoms with Gasteiger partial charge in [0.1, 0.15) is 11.6 Å². The predicted molar refractivity (Wildman–Crippen MR) is 164 cm³/mol. The Bertz CT molecular complexity index is 1680. The van der Waals surface area contributed by atoms with Crippen molar-refractivity contribution in [3.63, 3.8) is 0 Å². The number of hydrogen-bond acceptors (Lipinski definition) is 8. The second-order valence-corrected chi connectivity index (χ2v) is 15.0. The number of nitrogens with zero attached hydrogens (tertiary/aromatic N) is 3. The topological polar surface area (TPSA) is 114 Å². The average molecular weight is 648 g/mol. The van der Waals surface area contributed by atoms with E-state index in [0.29, 0.717) is 34.8 Å². The molecule has 5 rings (SSSR count). The molecular weight excluding hydrogens is 614 g/mol. The van der Waals surface area contributed by atoms with Crippen LogP contribution in [0, 0.1) is 0 Å². The van der Waals surface area contributed by atoms with Crippen LogP contribution in [0.1, 0.15) is 47.8 Å². The SMILES string of the molecule is CCOC(=O)C1CN(S(=O)(=O)c2ccc3cc(Cl)ccc3c2)CCN1C(=O)c1cc2c(s1)CCN(C(=O)OC(C)(C)C)C2. The van der Waals surface area contributed by atoms with Crippen molar-refractivity contribution in [1.29, 1.82) is 0 Å². The highest BCUT2D eigenvalue weighted by molar-refractivity contribution is 7.89. The third-order valence-electron chi connectivity index (χ3n) is 7.30. The molecule has 3 aromatic rings. The van der Waals surface area contributed by atoms with Gasteiger partial charge in [-0.3, -0.25) is 4.79 Å². The summed E-state index contributed by atoms with van der Waals surface area (Å²) in [5.41, 5.74) is 0.241. The summed E-state index contributed by atoms with van der Waals surface area (Å²) in [5.74, 6) is -1.04. The summed E-state index contributed by atoms with van der Waals surface area (Å²) in [5, 5.41) is 2.07. The molecule has 2 amide bonds. The number of esters is 1. The van der Waals surface area contributed by atoms with Crippen LogP contribution in [-0.4, -0.2) is 84.9 Å². The van der Waals surface area contributed by atoms with Crippen molar-refractivity contribution in [2.75, 3.05) is 32.8 Å². The van der Waals surface area contributed by atoms with Crippen molar-refractivity contribution in [3.8, 4) is 0 Å². The Hall–Kier alpha value is -3.19. The van der Waals surface area contributed by atoms with Crippen molar-refractivity contribution in [3.05, 3.63) is 62.8 Å². The van der Waals surface area contributed by atoms with Crippen LogP contribution < -0.4 is 0 Å². The molecule has 230 valence electrons. The molecule has 0 N–H and O–H groups in total. The summed E-state index contributed by atoms with van der Waals surface area (Å²) in [7, 11) is -3.98. The van der Waals surface area contributed by atoms with Crippen LogP contribution in [0.5, 0.6) is 0 Å². The van der Waals surface area contributed by atoms with Gasteiger partial charge in [0, 0.05) is 36.1 Å². The first kappa shape index (κ1) is 31.2. The molecule has 1 aromatic heterocycles. The molecule has 10 nitrogen and oxygen atoms in total. The van der Waals surface area contributed by atoms with Gasteiger partial charge in [0.2, 0.25) is 10.0 Å². The quantitative estimate of drug-likeness (QED) is 0.361. The highest BCUT2D eigenvalue weighted by atomic mass is 35.5. The lowest BCUT2D eigenvalue weighted by Gasteiger charge is -2.39. The number of ether oxygens (including phenoxy) is 2. The van der Waals surface area contributed by atoms with Crippen LogP contribution in [0.2, 0.25) is 5.02 Å². The zero-order valence-electron chi connectivity index (χ0n) is 24.5. The van der Waals surface area contributed by atoms with Crippen LogP contribution in [0.25, 0.3) is 10.8 Å². The van der Waals surface area contributed by atoms with Gasteiger partial charge in [-0.2, -0.15) is 4.31 Å². The fraction of sp³-hybridized carbons (Fsp3) is 0.433. The van der Waals surface area contributed by atoms with E-state index in [1.807, 2.05) is 20.8 Å². The molecule has 1 unspecified atom stereocenters. The summed E-state index contributed by atoms with van der Waals surface area (Å²) in [6.07, 6.45) is 0.171. The van der Waals surface area contributed by atoms with E-state index in [1.165, 1.54) is 26.6 Å². The number of sulfonamides is 1. The fourth-order valence-corrected chi connectivity index (χ4v) is 8.00. The van der Waals surface area contributed by atoms with Crippen molar-refractivity contribution in [1.82, 2.24) is 14.1 Å². The Morgan fingerprint density at radius 3 is 2.47 bits per heavy atom. The number of carbonyl (C=O) groups is 3. The van der Waals surface area contributed by atoms with Crippen LogP contribution in [0.3, 0.4) is 0 Å². The molecule has 1 fully saturated rings. The second-order valence-electron chi connectivity index (χ2n) is 11.5. The largest absolute Gasteiger partial charge is 0.464 e. The van der Waals surface area contributed by atoms with Gasteiger partial charge in [-0.05, 0) is 80.8 Å². The molecule has 1 atom stereocenters. The smallest absolute Gasteiger partial charge is 0.410 e. The van der Waals surface area contributed by atoms with E-state index in [1.54, 1.807) is 48.2 Å². The molecule has 2 aromatic carbocycles. The Labute approximate surface area is 260 Å². The number of benzene rings is 2. The highest BCUT2D eigenvalue weighted by Gasteiger charge is 2.42. The summed E-state index contributed by atoms with van der Waals surface area (Å²) in [6, 6.07) is 10.6. The normalized spacial score (nSPS) is 17.9. The Balaban J connectivity index is 1.36. The predicted octanol–water partition coefficient (Wildman–Crippen LogP) is 4.93. The van der Waals surface area contributed by atoms with Crippen molar-refractivity contribution in [2.45, 2.75) is 57.2 Å². The van der Waals surface area contributed by atoms with Gasteiger partial charge in [0.25, 0.3) is 5.91 Å². The number of hydrogen-bond donors (Lipinski definition) is 0. The van der Waals surface area contributed by atoms with E-state index >= 15 is 0 Å². The monoisotopic (exact) mass is 647 g/mol. The molecular formula is C30H34ClN3O7S2. The van der Waals surface area contributed by atoms with Crippen molar-refractivity contribution < 1.29 is 32.3 Å². The van der Waals surface area contributed by atoms with E-state index in [2.05, 4.69) is 0 Å². The maximum absolute atomic E-state index is 13.8. The lowest BCUT2D eigenvalue weighted by Crippen LogP contribution is -2.59. The second kappa shape index (κ2) is 12.1. The van der Waals surface area contributed by atoms with Gasteiger partial charge in [0.15, 0.2) is 0 Å². The number of amides is 2. The molecule has 43 heavy (non-hydrogen) atoms. The summed E-state index contributed by atoms with van der Waals surface area (Å²) in [4.78, 5) is 44.0. The van der Waals surface area contributed by atoms with Gasteiger partial charge in [-0.1, -0.05) is 23.7 Å². The maximum atomic E-state index is 13.8. The van der Waals surface area contributed by atoms with Crippen LogP contribution >= 0.6 is 22.9 Å². The zero-order chi connectivity index (χ0) is 31.1. The minimum atomic E-state index is -3.98. The first-order chi connectivity index (χ1) is 20.3. The van der Waals surface area contributed by atoms with E-state index in [-0.39, 0.29) is 37.0 Å². The first-order valence-corrected chi connectivity index (χ1v) is 16.7. The minimum Gasteiger partial charge on any atom is -0.464 e. The fourth-order valence-electron chi connectivity index (χ4n) is 5.23. The Morgan fingerprint density at radius 2 is 1.74 bits per heavy atom. The third-order valence-corrected chi connectivity index (χ3v) is 10.6. The summed E-state index contributed by atoms with van der Waals surface area (Å²) in [6.45, 7) is 7.76. The Kier molecular flexibility index (Phi) is 8.77. The molecule has 0 radical (unpaired) electrons. The number of rotatable bonds is 5. The van der Waals surface area contributed by atoms with Crippen molar-refractivity contribution in [2.24, 2.45) is 0 Å². The lowest BCUT2D eigenvalue weighted by molar-refractivity contribution is -0.149. The molecule has 2 aliphatic rings. The number of fused-ring (bicyclic) bond motifs is 2. The average Bonchev–Trinajstić information content (AvgIpc) is 3.39. The van der Waals surface area contributed by atoms with Gasteiger partial charge in [-0.15, -0.1) is 11.3 Å². The van der Waals surface area contributed by atoms with E-state index in [9.17, 15) is 22.8 Å². The molecule has 0 spiro atoms. The number of thiophene rings is 1. The van der Waals surface area contributed by atoms with Gasteiger partial charge in [0.05, 0.1) is 22.9 Å².